The lowest BCUT2D eigenvalue weighted by Crippen LogP contribution is -2.28. The van der Waals surface area contributed by atoms with Gasteiger partial charge in [-0.1, -0.05) is 43.7 Å². The highest BCUT2D eigenvalue weighted by Crippen LogP contribution is 2.40. The molecule has 3 aromatic carbocycles. The summed E-state index contributed by atoms with van der Waals surface area (Å²) in [7, 11) is 0. The third kappa shape index (κ3) is 6.92. The molecule has 0 heterocycles. The molecule has 1 unspecified atom stereocenters. The Morgan fingerprint density at radius 3 is 2.07 bits per heavy atom. The van der Waals surface area contributed by atoms with Gasteiger partial charge in [0.15, 0.2) is 34.8 Å². The summed E-state index contributed by atoms with van der Waals surface area (Å²) in [6.45, 7) is 3.65. The highest BCUT2D eigenvalue weighted by atomic mass is 19.2. The van der Waals surface area contributed by atoms with Gasteiger partial charge in [-0.25, -0.2) is 22.0 Å². The lowest BCUT2D eigenvalue weighted by atomic mass is 9.78. The molecule has 2 aliphatic rings. The molecule has 1 atom stereocenters. The van der Waals surface area contributed by atoms with Crippen LogP contribution in [0.4, 0.5) is 26.3 Å². The summed E-state index contributed by atoms with van der Waals surface area (Å²) in [5.41, 5.74) is 0.330. The monoisotopic (exact) mass is 630 g/mol. The zero-order valence-corrected chi connectivity index (χ0v) is 25.3. The van der Waals surface area contributed by atoms with Crippen LogP contribution in [-0.4, -0.2) is 18.7 Å². The molecule has 1 fully saturated rings. The number of hydrogen-bond donors (Lipinski definition) is 0. The minimum atomic E-state index is -1.32. The molecule has 0 saturated heterocycles. The summed E-state index contributed by atoms with van der Waals surface area (Å²) in [5, 5.41) is 0. The van der Waals surface area contributed by atoms with Gasteiger partial charge in [-0.2, -0.15) is 4.39 Å². The van der Waals surface area contributed by atoms with Gasteiger partial charge in [0.2, 0.25) is 5.82 Å². The van der Waals surface area contributed by atoms with Crippen molar-refractivity contribution in [1.82, 2.24) is 0 Å². The first-order valence-corrected chi connectivity index (χ1v) is 15.5. The Morgan fingerprint density at radius 2 is 1.40 bits per heavy atom. The number of carbonyl (C=O) groups excluding carboxylic acids is 1. The minimum Gasteiger partial charge on any atom is -0.490 e. The summed E-state index contributed by atoms with van der Waals surface area (Å²) in [4.78, 5) is 12.9. The Labute approximate surface area is 259 Å². The first kappa shape index (κ1) is 32.6. The van der Waals surface area contributed by atoms with Gasteiger partial charge in [0, 0.05) is 23.1 Å². The smallest absolute Gasteiger partial charge is 0.309 e. The third-order valence-electron chi connectivity index (χ3n) is 8.97. The average Bonchev–Trinajstić information content (AvgIpc) is 3.04. The Kier molecular flexibility index (Phi) is 10.2. The second-order valence-electron chi connectivity index (χ2n) is 11.9. The average molecular weight is 631 g/mol. The maximum Gasteiger partial charge on any atom is 0.309 e. The van der Waals surface area contributed by atoms with Crippen LogP contribution in [0, 0.1) is 47.7 Å². The van der Waals surface area contributed by atoms with E-state index in [9.17, 15) is 22.4 Å². The number of benzene rings is 3. The Morgan fingerprint density at radius 1 is 0.756 bits per heavy atom. The predicted octanol–water partition coefficient (Wildman–Crippen LogP) is 10.1. The zero-order valence-electron chi connectivity index (χ0n) is 25.3. The van der Waals surface area contributed by atoms with Crippen LogP contribution in [-0.2, 0) is 9.53 Å². The molecule has 3 nitrogen and oxygen atoms in total. The van der Waals surface area contributed by atoms with E-state index in [0.717, 1.165) is 6.42 Å². The van der Waals surface area contributed by atoms with Gasteiger partial charge in [-0.05, 0) is 86.6 Å². The molecular weight excluding hydrogens is 594 g/mol. The molecule has 45 heavy (non-hydrogen) atoms. The van der Waals surface area contributed by atoms with Crippen LogP contribution in [0.15, 0.2) is 42.5 Å². The minimum absolute atomic E-state index is 0.0134. The number of carbonyl (C=O) groups is 1. The van der Waals surface area contributed by atoms with E-state index < -0.39 is 52.1 Å². The quantitative estimate of drug-likeness (QED) is 0.134. The Hall–Kier alpha value is -3.75. The van der Waals surface area contributed by atoms with Crippen LogP contribution >= 0.6 is 0 Å². The normalized spacial score (nSPS) is 20.1. The molecule has 0 spiro atoms. The van der Waals surface area contributed by atoms with Crippen molar-refractivity contribution in [2.75, 3.05) is 6.61 Å². The van der Waals surface area contributed by atoms with E-state index in [1.54, 1.807) is 18.2 Å². The van der Waals surface area contributed by atoms with E-state index in [1.165, 1.54) is 31.2 Å². The van der Waals surface area contributed by atoms with Gasteiger partial charge in [0.25, 0.3) is 0 Å². The van der Waals surface area contributed by atoms with Crippen molar-refractivity contribution in [2.24, 2.45) is 5.92 Å². The zero-order chi connectivity index (χ0) is 32.2. The maximum absolute atomic E-state index is 15.2. The Balaban J connectivity index is 1.19. The maximum atomic E-state index is 15.2. The van der Waals surface area contributed by atoms with Gasteiger partial charge in [0.1, 0.15) is 6.10 Å². The number of allylic oxidation sites excluding steroid dienone is 1. The lowest BCUT2D eigenvalue weighted by Gasteiger charge is -2.30. The molecule has 5 rings (SSSR count). The van der Waals surface area contributed by atoms with Gasteiger partial charge in [-0.3, -0.25) is 4.79 Å². The van der Waals surface area contributed by atoms with E-state index in [4.69, 9.17) is 9.47 Å². The van der Waals surface area contributed by atoms with Crippen molar-refractivity contribution in [3.05, 3.63) is 94.1 Å². The van der Waals surface area contributed by atoms with Crippen LogP contribution in [0.2, 0.25) is 0 Å². The number of unbranched alkanes of at least 4 members (excludes halogenated alkanes) is 1. The molecule has 0 bridgehead atoms. The van der Waals surface area contributed by atoms with Crippen molar-refractivity contribution in [2.45, 2.75) is 83.7 Å². The summed E-state index contributed by atoms with van der Waals surface area (Å²) in [6.07, 6.45) is 5.88. The van der Waals surface area contributed by atoms with Crippen molar-refractivity contribution >= 4 is 11.5 Å². The van der Waals surface area contributed by atoms with Crippen LogP contribution in [0.5, 0.6) is 5.75 Å². The fraction of sp³-hybridized carbons (Fsp3) is 0.417. The fourth-order valence-corrected chi connectivity index (χ4v) is 6.22. The van der Waals surface area contributed by atoms with Crippen LogP contribution in [0.25, 0.3) is 16.7 Å². The molecule has 1 saturated carbocycles. The number of esters is 1. The van der Waals surface area contributed by atoms with E-state index in [1.807, 2.05) is 6.92 Å². The summed E-state index contributed by atoms with van der Waals surface area (Å²) in [6, 6.07) is 8.13. The summed E-state index contributed by atoms with van der Waals surface area (Å²) >= 11 is 0. The molecule has 0 N–H and O–H groups in total. The molecule has 3 aromatic rings. The van der Waals surface area contributed by atoms with Gasteiger partial charge in [0.05, 0.1) is 12.5 Å². The third-order valence-corrected chi connectivity index (χ3v) is 8.97. The van der Waals surface area contributed by atoms with Crippen LogP contribution < -0.4 is 4.74 Å². The number of aryl methyl sites for hydroxylation is 1. The van der Waals surface area contributed by atoms with E-state index in [2.05, 4.69) is 0 Å². The van der Waals surface area contributed by atoms with Crippen molar-refractivity contribution < 1.29 is 40.6 Å². The van der Waals surface area contributed by atoms with E-state index in [-0.39, 0.29) is 41.3 Å². The van der Waals surface area contributed by atoms with Crippen LogP contribution in [0.1, 0.15) is 87.3 Å². The largest absolute Gasteiger partial charge is 0.490 e. The molecule has 0 aliphatic heterocycles. The van der Waals surface area contributed by atoms with Gasteiger partial charge < -0.3 is 9.47 Å². The highest BCUT2D eigenvalue weighted by Gasteiger charge is 2.32. The molecular formula is C36H36F6O3. The molecule has 0 radical (unpaired) electrons. The highest BCUT2D eigenvalue weighted by molar-refractivity contribution is 5.74. The number of rotatable bonds is 9. The first-order chi connectivity index (χ1) is 21.6. The van der Waals surface area contributed by atoms with Gasteiger partial charge in [-0.15, -0.1) is 0 Å². The second kappa shape index (κ2) is 14.1. The molecule has 0 aromatic heterocycles. The number of ether oxygens (including phenoxy) is 2. The SMILES string of the molecule is CCCCOc1ccc(-c2ccc(C3=CCC(OC(=O)C4CCC(c5ccc(C)c(F)c5F)CC4)CC3)c(F)c2F)c(F)c1F. The lowest BCUT2D eigenvalue weighted by molar-refractivity contribution is -0.155. The summed E-state index contributed by atoms with van der Waals surface area (Å²) in [5.74, 6) is -7.82. The molecule has 2 aliphatic carbocycles. The second-order valence-corrected chi connectivity index (χ2v) is 11.9. The molecule has 240 valence electrons. The number of hydrogen-bond acceptors (Lipinski definition) is 3. The van der Waals surface area contributed by atoms with Crippen molar-refractivity contribution in [1.29, 1.82) is 0 Å². The fourth-order valence-electron chi connectivity index (χ4n) is 6.22. The van der Waals surface area contributed by atoms with Crippen molar-refractivity contribution in [3.63, 3.8) is 0 Å². The molecule has 9 heteroatoms. The van der Waals surface area contributed by atoms with Crippen LogP contribution in [0.3, 0.4) is 0 Å². The summed E-state index contributed by atoms with van der Waals surface area (Å²) < 4.78 is 99.3. The van der Waals surface area contributed by atoms with E-state index >= 15 is 8.78 Å². The Bertz CT molecular complexity index is 1590. The predicted molar refractivity (Wildman–Crippen MR) is 160 cm³/mol. The van der Waals surface area contributed by atoms with E-state index in [0.29, 0.717) is 62.5 Å². The number of halogens is 6. The topological polar surface area (TPSA) is 35.5 Å². The van der Waals surface area contributed by atoms with Gasteiger partial charge >= 0.3 is 5.97 Å². The van der Waals surface area contributed by atoms with Crippen molar-refractivity contribution in [3.8, 4) is 16.9 Å². The first-order valence-electron chi connectivity index (χ1n) is 15.5. The standard InChI is InChI=1S/C36H36F6O3/c1-3-4-19-44-29-18-17-28(34(41)35(29)42)27-16-15-26(32(39)33(27)40)22-10-12-24(13-11-22)45-36(43)23-8-6-21(7-9-23)25-14-5-20(2)30(37)31(25)38/h5,10,14-18,21,23-24H,3-4,6-9,11-13,19H2,1-2H3. The molecule has 0 amide bonds.